The van der Waals surface area contributed by atoms with Crippen molar-refractivity contribution in [2.75, 3.05) is 11.6 Å². The van der Waals surface area contributed by atoms with Crippen LogP contribution in [0.4, 0.5) is 19.0 Å². The predicted molar refractivity (Wildman–Crippen MR) is 79.1 cm³/mol. The Kier molecular flexibility index (Phi) is 3.86. The predicted octanol–water partition coefficient (Wildman–Crippen LogP) is 2.66. The number of hydrogen-bond donors (Lipinski definition) is 2. The van der Waals surface area contributed by atoms with E-state index in [4.69, 9.17) is 5.11 Å². The maximum absolute atomic E-state index is 13.6. The molecule has 0 radical (unpaired) electrons. The Morgan fingerprint density at radius 1 is 1.21 bits per heavy atom. The molecule has 1 aromatic heterocycles. The molecule has 24 heavy (non-hydrogen) atoms. The molecule has 0 saturated carbocycles. The maximum atomic E-state index is 13.6. The minimum atomic E-state index is -4.81. The Bertz CT molecular complexity index is 800. The number of nitrogens with zero attached hydrogens (tertiary/aromatic N) is 2. The van der Waals surface area contributed by atoms with Gasteiger partial charge in [0.2, 0.25) is 5.91 Å². The molecule has 0 atom stereocenters. The Morgan fingerprint density at radius 2 is 1.92 bits per heavy atom. The summed E-state index contributed by atoms with van der Waals surface area (Å²) in [5.74, 6) is -2.30. The van der Waals surface area contributed by atoms with E-state index in [1.54, 1.807) is 24.3 Å². The lowest BCUT2D eigenvalue weighted by Crippen LogP contribution is -2.57. The highest BCUT2D eigenvalue weighted by molar-refractivity contribution is 5.91. The van der Waals surface area contributed by atoms with E-state index in [1.165, 1.54) is 0 Å². The van der Waals surface area contributed by atoms with Gasteiger partial charge in [-0.25, -0.2) is 5.01 Å². The number of alkyl halides is 3. The molecular weight excluding hydrogens is 327 g/mol. The number of aromatic amines is 1. The van der Waals surface area contributed by atoms with Gasteiger partial charge in [-0.05, 0) is 12.5 Å². The Labute approximate surface area is 134 Å². The molecule has 0 spiro atoms. The van der Waals surface area contributed by atoms with Crippen molar-refractivity contribution < 1.29 is 27.9 Å². The second-order valence-electron chi connectivity index (χ2n) is 5.44. The summed E-state index contributed by atoms with van der Waals surface area (Å²) in [6, 6.07) is 6.83. The molecule has 1 amide bonds. The number of carbonyl (C=O) groups excluding carboxylic acids is 1. The fourth-order valence-corrected chi connectivity index (χ4v) is 2.90. The first kappa shape index (κ1) is 16.2. The molecule has 1 aliphatic rings. The zero-order chi connectivity index (χ0) is 17.5. The molecule has 0 fully saturated rings. The van der Waals surface area contributed by atoms with Crippen molar-refractivity contribution in [2.45, 2.75) is 25.6 Å². The van der Waals surface area contributed by atoms with Gasteiger partial charge in [0.1, 0.15) is 5.82 Å². The quantitative estimate of drug-likeness (QED) is 0.842. The first-order chi connectivity index (χ1) is 11.3. The average Bonchev–Trinajstić information content (AvgIpc) is 2.88. The van der Waals surface area contributed by atoms with Gasteiger partial charge in [-0.2, -0.15) is 5.01 Å². The molecule has 2 aromatic rings. The van der Waals surface area contributed by atoms with Crippen molar-refractivity contribution in [3.05, 3.63) is 29.8 Å². The number of H-pyrrole nitrogens is 1. The topological polar surface area (TPSA) is 76.6 Å². The molecular formula is C15H14F3N3O3. The van der Waals surface area contributed by atoms with E-state index in [1.807, 2.05) is 0 Å². The first-order valence-electron chi connectivity index (χ1n) is 7.27. The van der Waals surface area contributed by atoms with Crippen molar-refractivity contribution in [3.8, 4) is 0 Å². The molecule has 9 heteroatoms. The van der Waals surface area contributed by atoms with E-state index in [0.29, 0.717) is 21.5 Å². The number of halogens is 3. The number of rotatable bonds is 3. The van der Waals surface area contributed by atoms with E-state index in [0.717, 1.165) is 0 Å². The summed E-state index contributed by atoms with van der Waals surface area (Å²) in [6.07, 6.45) is -5.56. The molecule has 0 bridgehead atoms. The standard InChI is InChI=1S/C15H14F3N3O3/c16-15(17,18)21-14-10(9-3-1-2-4-11(9)19-14)7-8-20(21)12(22)5-6-13(23)24/h1-4,19H,5-8H2,(H,23,24). The van der Waals surface area contributed by atoms with Gasteiger partial charge in [0, 0.05) is 29.4 Å². The molecule has 0 aliphatic carbocycles. The summed E-state index contributed by atoms with van der Waals surface area (Å²) in [5, 5.41) is 9.86. The van der Waals surface area contributed by atoms with Crippen molar-refractivity contribution in [1.82, 2.24) is 9.99 Å². The summed E-state index contributed by atoms with van der Waals surface area (Å²) in [5.41, 5.74) is 1.04. The Balaban J connectivity index is 2.01. The van der Waals surface area contributed by atoms with Crippen LogP contribution in [-0.2, 0) is 16.0 Å². The van der Waals surface area contributed by atoms with Crippen LogP contribution in [0.3, 0.4) is 0 Å². The number of nitrogens with one attached hydrogen (secondary N) is 1. The third kappa shape index (κ3) is 2.77. The highest BCUT2D eigenvalue weighted by atomic mass is 19.4. The lowest BCUT2D eigenvalue weighted by Gasteiger charge is -2.40. The number of carboxylic acid groups (broad SMARTS) is 1. The smallest absolute Gasteiger partial charge is 0.481 e. The van der Waals surface area contributed by atoms with E-state index in [9.17, 15) is 22.8 Å². The summed E-state index contributed by atoms with van der Waals surface area (Å²) >= 11 is 0. The number of amides is 1. The molecule has 6 nitrogen and oxygen atoms in total. The maximum Gasteiger partial charge on any atom is 0.504 e. The van der Waals surface area contributed by atoms with Crippen LogP contribution in [0.1, 0.15) is 18.4 Å². The summed E-state index contributed by atoms with van der Waals surface area (Å²) < 4.78 is 40.7. The number of para-hydroxylation sites is 1. The van der Waals surface area contributed by atoms with Gasteiger partial charge in [-0.3, -0.25) is 9.59 Å². The molecule has 1 aliphatic heterocycles. The van der Waals surface area contributed by atoms with Gasteiger partial charge in [-0.15, -0.1) is 13.2 Å². The summed E-state index contributed by atoms with van der Waals surface area (Å²) in [6.45, 7) is -0.160. The normalized spacial score (nSPS) is 14.8. The van der Waals surface area contributed by atoms with Crippen molar-refractivity contribution >= 4 is 28.6 Å². The minimum absolute atomic E-state index is 0.0178. The van der Waals surface area contributed by atoms with Crippen LogP contribution < -0.4 is 5.01 Å². The van der Waals surface area contributed by atoms with E-state index >= 15 is 0 Å². The summed E-state index contributed by atoms with van der Waals surface area (Å²) in [7, 11) is 0. The van der Waals surface area contributed by atoms with E-state index < -0.39 is 31.0 Å². The largest absolute Gasteiger partial charge is 0.504 e. The Hall–Kier alpha value is -2.71. The number of aromatic nitrogens is 1. The molecule has 128 valence electrons. The van der Waals surface area contributed by atoms with E-state index in [-0.39, 0.29) is 23.8 Å². The number of carboxylic acids is 1. The highest BCUT2D eigenvalue weighted by Gasteiger charge is 2.47. The second-order valence-corrected chi connectivity index (χ2v) is 5.44. The van der Waals surface area contributed by atoms with Crippen molar-refractivity contribution in [3.63, 3.8) is 0 Å². The third-order valence-corrected chi connectivity index (χ3v) is 3.90. The zero-order valence-electron chi connectivity index (χ0n) is 12.4. The number of carbonyl (C=O) groups is 2. The Morgan fingerprint density at radius 3 is 2.58 bits per heavy atom. The van der Waals surface area contributed by atoms with Crippen molar-refractivity contribution in [1.29, 1.82) is 0 Å². The molecule has 0 unspecified atom stereocenters. The van der Waals surface area contributed by atoms with Crippen LogP contribution in [-0.4, -0.2) is 39.8 Å². The fourth-order valence-electron chi connectivity index (χ4n) is 2.90. The fraction of sp³-hybridized carbons (Fsp3) is 0.333. The lowest BCUT2D eigenvalue weighted by atomic mass is 10.1. The third-order valence-electron chi connectivity index (χ3n) is 3.90. The SMILES string of the molecule is O=C(O)CCC(=O)N1CCc2c([nH]c3ccccc23)N1C(F)(F)F. The molecule has 0 saturated heterocycles. The van der Waals surface area contributed by atoms with Crippen LogP contribution in [0.15, 0.2) is 24.3 Å². The van der Waals surface area contributed by atoms with Crippen molar-refractivity contribution in [2.24, 2.45) is 0 Å². The van der Waals surface area contributed by atoms with Crippen LogP contribution in [0, 0.1) is 0 Å². The van der Waals surface area contributed by atoms with Gasteiger partial charge in [0.15, 0.2) is 0 Å². The van der Waals surface area contributed by atoms with Gasteiger partial charge in [-0.1, -0.05) is 18.2 Å². The number of hydrazine groups is 1. The van der Waals surface area contributed by atoms with Crippen LogP contribution >= 0.6 is 0 Å². The number of hydrogen-bond acceptors (Lipinski definition) is 3. The first-order valence-corrected chi connectivity index (χ1v) is 7.27. The number of benzene rings is 1. The number of fused-ring (bicyclic) bond motifs is 3. The molecule has 2 heterocycles. The van der Waals surface area contributed by atoms with Gasteiger partial charge >= 0.3 is 12.3 Å². The van der Waals surface area contributed by atoms with Crippen LogP contribution in [0.2, 0.25) is 0 Å². The van der Waals surface area contributed by atoms with Crippen LogP contribution in [0.5, 0.6) is 0 Å². The summed E-state index contributed by atoms with van der Waals surface area (Å²) in [4.78, 5) is 25.4. The minimum Gasteiger partial charge on any atom is -0.481 e. The lowest BCUT2D eigenvalue weighted by molar-refractivity contribution is -0.173. The second kappa shape index (κ2) is 5.73. The zero-order valence-corrected chi connectivity index (χ0v) is 12.4. The number of aliphatic carboxylic acids is 1. The van der Waals surface area contributed by atoms with Gasteiger partial charge < -0.3 is 10.1 Å². The highest BCUT2D eigenvalue weighted by Crippen LogP contribution is 2.39. The molecule has 2 N–H and O–H groups in total. The molecule has 3 rings (SSSR count). The van der Waals surface area contributed by atoms with Gasteiger partial charge in [0.05, 0.1) is 6.42 Å². The van der Waals surface area contributed by atoms with Gasteiger partial charge in [0.25, 0.3) is 0 Å². The molecule has 1 aromatic carbocycles. The van der Waals surface area contributed by atoms with E-state index in [2.05, 4.69) is 4.98 Å². The average molecular weight is 341 g/mol. The number of anilines is 1. The van der Waals surface area contributed by atoms with Crippen LogP contribution in [0.25, 0.3) is 10.9 Å². The monoisotopic (exact) mass is 341 g/mol.